The maximum Gasteiger partial charge on any atom is -0.0273 e. The molecule has 0 bridgehead atoms. The molecule has 0 heterocycles. The zero-order valence-corrected chi connectivity index (χ0v) is 13.2. The van der Waals surface area contributed by atoms with Crippen LogP contribution in [0.4, 0.5) is 0 Å². The lowest BCUT2D eigenvalue weighted by Gasteiger charge is -2.18. The van der Waals surface area contributed by atoms with E-state index in [0.717, 1.165) is 6.42 Å². The number of hydrogen-bond acceptors (Lipinski definition) is 0. The summed E-state index contributed by atoms with van der Waals surface area (Å²) >= 11 is 0. The lowest BCUT2D eigenvalue weighted by atomic mass is 9.88. The second kappa shape index (κ2) is 7.99. The smallest absolute Gasteiger partial charge is 0.0273 e. The third kappa shape index (κ3) is 5.46. The summed E-state index contributed by atoms with van der Waals surface area (Å²) in [5, 5.41) is 0. The van der Waals surface area contributed by atoms with Crippen molar-refractivity contribution in [3.63, 3.8) is 0 Å². The standard InChI is InChI=1S/C19H28/c1-6-9-15(2)10-7-11-16(3)14-19-13-8-12-17(4)18(19)5/h7,9-11,14H,6,8,12-13H2,1-5H3/b10-7+,15-9+,16-11+,19-14?. The third-order valence-electron chi connectivity index (χ3n) is 3.77. The summed E-state index contributed by atoms with van der Waals surface area (Å²) in [7, 11) is 0. The monoisotopic (exact) mass is 256 g/mol. The Morgan fingerprint density at radius 1 is 1.11 bits per heavy atom. The summed E-state index contributed by atoms with van der Waals surface area (Å²) in [5.41, 5.74) is 7.26. The van der Waals surface area contributed by atoms with Gasteiger partial charge in [-0.2, -0.15) is 0 Å². The van der Waals surface area contributed by atoms with E-state index in [2.05, 4.69) is 65.0 Å². The molecule has 1 rings (SSSR count). The molecule has 0 aliphatic heterocycles. The van der Waals surface area contributed by atoms with Gasteiger partial charge in [-0.25, -0.2) is 0 Å². The van der Waals surface area contributed by atoms with Gasteiger partial charge >= 0.3 is 0 Å². The second-order valence-electron chi connectivity index (χ2n) is 5.55. The molecule has 0 fully saturated rings. The Balaban J connectivity index is 2.76. The molecule has 0 nitrogen and oxygen atoms in total. The molecule has 0 amide bonds. The fourth-order valence-corrected chi connectivity index (χ4v) is 2.44. The Bertz CT molecular complexity index is 450. The molecule has 104 valence electrons. The number of hydrogen-bond donors (Lipinski definition) is 0. The summed E-state index contributed by atoms with van der Waals surface area (Å²) < 4.78 is 0. The molecule has 1 aliphatic rings. The summed E-state index contributed by atoms with van der Waals surface area (Å²) in [6.07, 6.45) is 16.0. The van der Waals surface area contributed by atoms with E-state index in [1.165, 1.54) is 41.6 Å². The van der Waals surface area contributed by atoms with Crippen LogP contribution >= 0.6 is 0 Å². The van der Waals surface area contributed by atoms with Gasteiger partial charge in [-0.15, -0.1) is 0 Å². The van der Waals surface area contributed by atoms with Gasteiger partial charge < -0.3 is 0 Å². The van der Waals surface area contributed by atoms with E-state index in [1.807, 2.05) is 0 Å². The van der Waals surface area contributed by atoms with Crippen molar-refractivity contribution in [1.82, 2.24) is 0 Å². The first kappa shape index (κ1) is 15.8. The predicted molar refractivity (Wildman–Crippen MR) is 87.3 cm³/mol. The average Bonchev–Trinajstić information content (AvgIpc) is 2.35. The third-order valence-corrected chi connectivity index (χ3v) is 3.77. The highest BCUT2D eigenvalue weighted by Gasteiger charge is 2.09. The first-order valence-electron chi connectivity index (χ1n) is 7.43. The van der Waals surface area contributed by atoms with Gasteiger partial charge in [0.1, 0.15) is 0 Å². The zero-order valence-electron chi connectivity index (χ0n) is 13.2. The van der Waals surface area contributed by atoms with E-state index < -0.39 is 0 Å². The van der Waals surface area contributed by atoms with Gasteiger partial charge in [-0.05, 0) is 64.5 Å². The van der Waals surface area contributed by atoms with Crippen molar-refractivity contribution in [2.24, 2.45) is 0 Å². The fraction of sp³-hybridized carbons (Fsp3) is 0.474. The summed E-state index contributed by atoms with van der Waals surface area (Å²) in [4.78, 5) is 0. The van der Waals surface area contributed by atoms with E-state index in [4.69, 9.17) is 0 Å². The molecule has 0 radical (unpaired) electrons. The molecule has 0 atom stereocenters. The summed E-state index contributed by atoms with van der Waals surface area (Å²) in [6.45, 7) is 11.0. The van der Waals surface area contributed by atoms with Crippen LogP contribution in [0.5, 0.6) is 0 Å². The summed E-state index contributed by atoms with van der Waals surface area (Å²) in [5.74, 6) is 0. The SMILES string of the molecule is CC/C=C(C)/C=C/C=C(\C)C=C1CCCC(C)=C1C. The van der Waals surface area contributed by atoms with Gasteiger partial charge in [0, 0.05) is 0 Å². The highest BCUT2D eigenvalue weighted by molar-refractivity contribution is 5.40. The Morgan fingerprint density at radius 3 is 2.53 bits per heavy atom. The molecule has 0 aromatic carbocycles. The fourth-order valence-electron chi connectivity index (χ4n) is 2.44. The van der Waals surface area contributed by atoms with Gasteiger partial charge in [0.15, 0.2) is 0 Å². The Kier molecular flexibility index (Phi) is 6.62. The van der Waals surface area contributed by atoms with Crippen molar-refractivity contribution in [2.75, 3.05) is 0 Å². The van der Waals surface area contributed by atoms with Crippen molar-refractivity contribution in [3.05, 3.63) is 58.2 Å². The minimum Gasteiger partial charge on any atom is -0.0819 e. The molecule has 0 N–H and O–H groups in total. The molecular formula is C19H28. The Hall–Kier alpha value is -1.30. The maximum atomic E-state index is 2.35. The van der Waals surface area contributed by atoms with Crippen LogP contribution in [-0.4, -0.2) is 0 Å². The van der Waals surface area contributed by atoms with Crippen LogP contribution in [0.1, 0.15) is 60.3 Å². The molecule has 0 saturated carbocycles. The highest BCUT2D eigenvalue weighted by Crippen LogP contribution is 2.29. The van der Waals surface area contributed by atoms with Crippen molar-refractivity contribution >= 4 is 0 Å². The maximum absolute atomic E-state index is 2.35. The van der Waals surface area contributed by atoms with Crippen LogP contribution in [0, 0.1) is 0 Å². The van der Waals surface area contributed by atoms with Crippen LogP contribution in [0.3, 0.4) is 0 Å². The minimum atomic E-state index is 1.10. The van der Waals surface area contributed by atoms with Crippen molar-refractivity contribution in [3.8, 4) is 0 Å². The van der Waals surface area contributed by atoms with Crippen molar-refractivity contribution < 1.29 is 0 Å². The lowest BCUT2D eigenvalue weighted by Crippen LogP contribution is -1.98. The van der Waals surface area contributed by atoms with E-state index in [9.17, 15) is 0 Å². The zero-order chi connectivity index (χ0) is 14.3. The van der Waals surface area contributed by atoms with E-state index in [1.54, 1.807) is 5.57 Å². The van der Waals surface area contributed by atoms with Crippen LogP contribution in [0.25, 0.3) is 0 Å². The quantitative estimate of drug-likeness (QED) is 0.518. The van der Waals surface area contributed by atoms with Gasteiger partial charge in [-0.3, -0.25) is 0 Å². The molecule has 0 aromatic heterocycles. The van der Waals surface area contributed by atoms with E-state index in [0.29, 0.717) is 0 Å². The van der Waals surface area contributed by atoms with Crippen LogP contribution < -0.4 is 0 Å². The molecule has 0 aromatic rings. The lowest BCUT2D eigenvalue weighted by molar-refractivity contribution is 0.762. The molecule has 1 aliphatic carbocycles. The van der Waals surface area contributed by atoms with Gasteiger partial charge in [0.2, 0.25) is 0 Å². The molecule has 0 heteroatoms. The molecular weight excluding hydrogens is 228 g/mol. The Labute approximate surface area is 119 Å². The highest BCUT2D eigenvalue weighted by atomic mass is 14.2. The largest absolute Gasteiger partial charge is 0.0819 e. The average molecular weight is 256 g/mol. The summed E-state index contributed by atoms with van der Waals surface area (Å²) in [6, 6.07) is 0. The Morgan fingerprint density at radius 2 is 1.84 bits per heavy atom. The molecule has 0 spiro atoms. The number of allylic oxidation sites excluding steroid dienone is 10. The molecule has 0 unspecified atom stereocenters. The van der Waals surface area contributed by atoms with Crippen molar-refractivity contribution in [2.45, 2.75) is 60.3 Å². The van der Waals surface area contributed by atoms with Gasteiger partial charge in [0.25, 0.3) is 0 Å². The second-order valence-corrected chi connectivity index (χ2v) is 5.55. The van der Waals surface area contributed by atoms with Crippen LogP contribution in [-0.2, 0) is 0 Å². The van der Waals surface area contributed by atoms with E-state index >= 15 is 0 Å². The van der Waals surface area contributed by atoms with Gasteiger partial charge in [-0.1, -0.05) is 54.0 Å². The van der Waals surface area contributed by atoms with E-state index in [-0.39, 0.29) is 0 Å². The first-order chi connectivity index (χ1) is 9.04. The minimum absolute atomic E-state index is 1.10. The molecule has 19 heavy (non-hydrogen) atoms. The van der Waals surface area contributed by atoms with Crippen LogP contribution in [0.15, 0.2) is 58.2 Å². The predicted octanol–water partition coefficient (Wildman–Crippen LogP) is 6.29. The first-order valence-corrected chi connectivity index (χ1v) is 7.43. The van der Waals surface area contributed by atoms with Crippen LogP contribution in [0.2, 0.25) is 0 Å². The van der Waals surface area contributed by atoms with Crippen molar-refractivity contribution in [1.29, 1.82) is 0 Å². The normalized spacial score (nSPS) is 20.8. The molecule has 0 saturated heterocycles. The topological polar surface area (TPSA) is 0 Å². The van der Waals surface area contributed by atoms with Gasteiger partial charge in [0.05, 0.1) is 0 Å². The number of rotatable bonds is 4.